The summed E-state index contributed by atoms with van der Waals surface area (Å²) < 4.78 is 17.9. The van der Waals surface area contributed by atoms with Crippen LogP contribution in [0.4, 0.5) is 10.3 Å². The summed E-state index contributed by atoms with van der Waals surface area (Å²) in [7, 11) is 3.04. The van der Waals surface area contributed by atoms with Gasteiger partial charge in [-0.3, -0.25) is 18.5 Å². The second-order valence-electron chi connectivity index (χ2n) is 7.90. The maximum atomic E-state index is 13.7. The van der Waals surface area contributed by atoms with E-state index in [2.05, 4.69) is 22.4 Å². The molecule has 0 unspecified atom stereocenters. The molecule has 32 heavy (non-hydrogen) atoms. The number of unbranched alkanes of at least 4 members (excludes halogenated alkanes) is 1. The first-order chi connectivity index (χ1) is 15.5. The highest BCUT2D eigenvalue weighted by Crippen LogP contribution is 2.18. The summed E-state index contributed by atoms with van der Waals surface area (Å²) in [6, 6.07) is 16.5. The maximum Gasteiger partial charge on any atom is 0.332 e. The van der Waals surface area contributed by atoms with Gasteiger partial charge in [0.1, 0.15) is 5.82 Å². The Morgan fingerprint density at radius 3 is 2.44 bits per heavy atom. The predicted octanol–water partition coefficient (Wildman–Crippen LogP) is 3.06. The van der Waals surface area contributed by atoms with E-state index < -0.39 is 11.2 Å². The Labute approximate surface area is 184 Å². The monoisotopic (exact) mass is 435 g/mol. The van der Waals surface area contributed by atoms with E-state index in [1.807, 2.05) is 18.2 Å². The molecule has 0 aliphatic carbocycles. The minimum atomic E-state index is -0.438. The Kier molecular flexibility index (Phi) is 6.20. The molecule has 0 amide bonds. The number of aryl methyl sites for hydroxylation is 2. The Balaban J connectivity index is 1.61. The fraction of sp³-hybridized carbons (Fsp3) is 0.292. The Morgan fingerprint density at radius 2 is 1.69 bits per heavy atom. The van der Waals surface area contributed by atoms with Crippen LogP contribution in [0.1, 0.15) is 24.0 Å². The van der Waals surface area contributed by atoms with Gasteiger partial charge in [0.2, 0.25) is 5.95 Å². The van der Waals surface area contributed by atoms with Crippen molar-refractivity contribution in [2.45, 2.75) is 25.8 Å². The second-order valence-corrected chi connectivity index (χ2v) is 7.90. The van der Waals surface area contributed by atoms with Crippen molar-refractivity contribution < 1.29 is 4.39 Å². The molecule has 0 fully saturated rings. The van der Waals surface area contributed by atoms with Crippen LogP contribution in [0.15, 0.2) is 64.2 Å². The summed E-state index contributed by atoms with van der Waals surface area (Å²) in [5.74, 6) is 0.143. The number of anilines is 1. The van der Waals surface area contributed by atoms with Crippen molar-refractivity contribution in [3.8, 4) is 0 Å². The first-order valence-corrected chi connectivity index (χ1v) is 10.6. The molecule has 0 spiro atoms. The zero-order chi connectivity index (χ0) is 22.7. The Morgan fingerprint density at radius 1 is 0.938 bits per heavy atom. The number of hydrogen-bond acceptors (Lipinski definition) is 4. The SMILES string of the molecule is Cn1c(=O)c2c(nc(NCCCCc3ccccc3)n2Cc2cccc(F)c2)n(C)c1=O. The third-order valence-corrected chi connectivity index (χ3v) is 5.60. The van der Waals surface area contributed by atoms with Gasteiger partial charge in [-0.15, -0.1) is 0 Å². The first-order valence-electron chi connectivity index (χ1n) is 10.6. The van der Waals surface area contributed by atoms with Crippen LogP contribution in [-0.4, -0.2) is 25.2 Å². The normalized spacial score (nSPS) is 11.2. The molecule has 2 aromatic heterocycles. The number of nitrogens with zero attached hydrogens (tertiary/aromatic N) is 4. The van der Waals surface area contributed by atoms with Gasteiger partial charge in [-0.05, 0) is 42.5 Å². The minimum Gasteiger partial charge on any atom is -0.356 e. The molecule has 0 saturated carbocycles. The van der Waals surface area contributed by atoms with E-state index in [1.165, 1.54) is 29.3 Å². The van der Waals surface area contributed by atoms with Crippen LogP contribution in [0.25, 0.3) is 11.2 Å². The molecule has 1 N–H and O–H groups in total. The van der Waals surface area contributed by atoms with E-state index in [4.69, 9.17) is 0 Å². The van der Waals surface area contributed by atoms with Crippen LogP contribution in [0.5, 0.6) is 0 Å². The second kappa shape index (κ2) is 9.21. The Bertz CT molecular complexity index is 1350. The summed E-state index contributed by atoms with van der Waals surface area (Å²) in [5, 5.41) is 3.31. The molecule has 8 heteroatoms. The molecule has 2 aromatic carbocycles. The van der Waals surface area contributed by atoms with Gasteiger partial charge in [-0.25, -0.2) is 9.18 Å². The average Bonchev–Trinajstić information content (AvgIpc) is 3.15. The van der Waals surface area contributed by atoms with Crippen molar-refractivity contribution in [3.63, 3.8) is 0 Å². The topological polar surface area (TPSA) is 73.8 Å². The fourth-order valence-electron chi connectivity index (χ4n) is 3.85. The lowest BCUT2D eigenvalue weighted by Crippen LogP contribution is -2.37. The molecule has 0 atom stereocenters. The lowest BCUT2D eigenvalue weighted by Gasteiger charge is -2.11. The van der Waals surface area contributed by atoms with E-state index in [-0.39, 0.29) is 12.4 Å². The van der Waals surface area contributed by atoms with Crippen LogP contribution >= 0.6 is 0 Å². The van der Waals surface area contributed by atoms with Crippen LogP contribution in [0.2, 0.25) is 0 Å². The molecule has 0 saturated heterocycles. The number of benzene rings is 2. The van der Waals surface area contributed by atoms with Gasteiger partial charge in [-0.2, -0.15) is 4.98 Å². The molecule has 0 radical (unpaired) electrons. The van der Waals surface area contributed by atoms with Gasteiger partial charge >= 0.3 is 5.69 Å². The molecule has 4 rings (SSSR count). The summed E-state index contributed by atoms with van der Waals surface area (Å²) >= 11 is 0. The quantitative estimate of drug-likeness (QED) is 0.432. The molecular formula is C24H26FN5O2. The highest BCUT2D eigenvalue weighted by atomic mass is 19.1. The first kappa shape index (κ1) is 21.5. The summed E-state index contributed by atoms with van der Waals surface area (Å²) in [6.45, 7) is 0.918. The van der Waals surface area contributed by atoms with Crippen LogP contribution in [0.3, 0.4) is 0 Å². The van der Waals surface area contributed by atoms with Crippen LogP contribution in [0, 0.1) is 5.82 Å². The van der Waals surface area contributed by atoms with E-state index in [1.54, 1.807) is 23.7 Å². The zero-order valence-electron chi connectivity index (χ0n) is 18.2. The largest absolute Gasteiger partial charge is 0.356 e. The van der Waals surface area contributed by atoms with E-state index >= 15 is 0 Å². The van der Waals surface area contributed by atoms with Crippen molar-refractivity contribution in [1.82, 2.24) is 18.7 Å². The predicted molar refractivity (Wildman–Crippen MR) is 124 cm³/mol. The molecule has 0 bridgehead atoms. The van der Waals surface area contributed by atoms with Crippen molar-refractivity contribution in [1.29, 1.82) is 0 Å². The highest BCUT2D eigenvalue weighted by molar-refractivity contribution is 5.74. The van der Waals surface area contributed by atoms with Gasteiger partial charge in [0.05, 0.1) is 6.54 Å². The molecule has 2 heterocycles. The van der Waals surface area contributed by atoms with Crippen LogP contribution in [-0.2, 0) is 27.1 Å². The number of hydrogen-bond donors (Lipinski definition) is 1. The van der Waals surface area contributed by atoms with E-state index in [0.29, 0.717) is 29.2 Å². The molecular weight excluding hydrogens is 409 g/mol. The third kappa shape index (κ3) is 4.34. The maximum absolute atomic E-state index is 13.7. The summed E-state index contributed by atoms with van der Waals surface area (Å²) in [6.07, 6.45) is 2.90. The van der Waals surface area contributed by atoms with Crippen molar-refractivity contribution in [2.75, 3.05) is 11.9 Å². The van der Waals surface area contributed by atoms with Gasteiger partial charge in [0, 0.05) is 20.6 Å². The molecule has 166 valence electrons. The van der Waals surface area contributed by atoms with Crippen molar-refractivity contribution in [2.24, 2.45) is 14.1 Å². The number of nitrogens with one attached hydrogen (secondary N) is 1. The number of rotatable bonds is 8. The molecule has 7 nitrogen and oxygen atoms in total. The lowest BCUT2D eigenvalue weighted by atomic mass is 10.1. The smallest absolute Gasteiger partial charge is 0.332 e. The Hall–Kier alpha value is -3.68. The fourth-order valence-corrected chi connectivity index (χ4v) is 3.85. The summed E-state index contributed by atoms with van der Waals surface area (Å²) in [4.78, 5) is 29.8. The molecule has 4 aromatic rings. The average molecular weight is 436 g/mol. The number of fused-ring (bicyclic) bond motifs is 1. The van der Waals surface area contributed by atoms with E-state index in [0.717, 1.165) is 23.8 Å². The van der Waals surface area contributed by atoms with Gasteiger partial charge in [0.25, 0.3) is 5.56 Å². The van der Waals surface area contributed by atoms with Gasteiger partial charge in [0.15, 0.2) is 11.2 Å². The number of halogens is 1. The minimum absolute atomic E-state index is 0.258. The van der Waals surface area contributed by atoms with Crippen molar-refractivity contribution >= 4 is 17.1 Å². The molecule has 0 aliphatic heterocycles. The summed E-state index contributed by atoms with van der Waals surface area (Å²) in [5.41, 5.74) is 1.75. The molecule has 0 aliphatic rings. The van der Waals surface area contributed by atoms with Gasteiger partial charge in [-0.1, -0.05) is 42.5 Å². The van der Waals surface area contributed by atoms with Crippen molar-refractivity contribution in [3.05, 3.63) is 92.4 Å². The lowest BCUT2D eigenvalue weighted by molar-refractivity contribution is 0.624. The number of imidazole rings is 1. The standard InChI is InChI=1S/C24H26FN5O2/c1-28-21-20(22(31)29(2)24(28)32)30(16-18-12-8-13-19(25)15-18)23(27-21)26-14-7-6-11-17-9-4-3-5-10-17/h3-5,8-10,12-13,15H,6-7,11,14,16H2,1-2H3,(H,26,27). The zero-order valence-corrected chi connectivity index (χ0v) is 18.2. The number of aromatic nitrogens is 4. The third-order valence-electron chi connectivity index (χ3n) is 5.60. The van der Waals surface area contributed by atoms with Gasteiger partial charge < -0.3 is 5.32 Å². The van der Waals surface area contributed by atoms with Crippen LogP contribution < -0.4 is 16.6 Å². The highest BCUT2D eigenvalue weighted by Gasteiger charge is 2.19. The van der Waals surface area contributed by atoms with E-state index in [9.17, 15) is 14.0 Å².